The lowest BCUT2D eigenvalue weighted by Crippen LogP contribution is -1.88. The molecule has 5 heteroatoms. The Kier molecular flexibility index (Phi) is 2.89. The largest absolute Gasteiger partial charge is 0.496 e. The van der Waals surface area contributed by atoms with Crippen molar-refractivity contribution in [3.63, 3.8) is 0 Å². The van der Waals surface area contributed by atoms with Crippen LogP contribution in [0.25, 0.3) is 22.6 Å². The molecule has 102 valence electrons. The number of hydrogen-bond donors (Lipinski definition) is 0. The molecule has 0 spiro atoms. The first-order chi connectivity index (χ1) is 9.58. The van der Waals surface area contributed by atoms with Crippen molar-refractivity contribution in [1.29, 1.82) is 0 Å². The van der Waals surface area contributed by atoms with E-state index < -0.39 is 11.6 Å². The SMILES string of the molecule is COc1ccc(C)cc1-c1nc2cc(F)cc(F)c2o1. The Morgan fingerprint density at radius 2 is 1.95 bits per heavy atom. The van der Waals surface area contributed by atoms with Gasteiger partial charge < -0.3 is 9.15 Å². The fourth-order valence-corrected chi connectivity index (χ4v) is 2.06. The molecule has 3 rings (SSSR count). The normalized spacial score (nSPS) is 11.0. The topological polar surface area (TPSA) is 35.3 Å². The Morgan fingerprint density at radius 1 is 1.15 bits per heavy atom. The molecule has 0 unspecified atom stereocenters. The second-order valence-electron chi connectivity index (χ2n) is 4.46. The molecule has 0 saturated carbocycles. The minimum atomic E-state index is -0.773. The molecular weight excluding hydrogens is 264 g/mol. The van der Waals surface area contributed by atoms with Crippen LogP contribution >= 0.6 is 0 Å². The van der Waals surface area contributed by atoms with Gasteiger partial charge >= 0.3 is 0 Å². The Bertz CT molecular complexity index is 796. The standard InChI is InChI=1S/C15H11F2NO2/c1-8-3-4-13(19-2)10(5-8)15-18-12-7-9(16)6-11(17)14(12)20-15/h3-7H,1-2H3. The Labute approximate surface area is 113 Å². The van der Waals surface area contributed by atoms with Gasteiger partial charge in [0.15, 0.2) is 11.4 Å². The maximum absolute atomic E-state index is 13.6. The summed E-state index contributed by atoms with van der Waals surface area (Å²) in [4.78, 5) is 4.13. The number of oxazole rings is 1. The van der Waals surface area contributed by atoms with Gasteiger partial charge in [-0.05, 0) is 19.1 Å². The Morgan fingerprint density at radius 3 is 2.70 bits per heavy atom. The molecule has 0 aliphatic carbocycles. The molecule has 0 N–H and O–H groups in total. The van der Waals surface area contributed by atoms with Gasteiger partial charge in [-0.1, -0.05) is 11.6 Å². The molecule has 0 atom stereocenters. The van der Waals surface area contributed by atoms with Crippen molar-refractivity contribution in [2.24, 2.45) is 0 Å². The summed E-state index contributed by atoms with van der Waals surface area (Å²) in [7, 11) is 1.52. The molecule has 0 saturated heterocycles. The number of methoxy groups -OCH3 is 1. The molecule has 3 nitrogen and oxygen atoms in total. The van der Waals surface area contributed by atoms with Crippen molar-refractivity contribution in [3.05, 3.63) is 47.5 Å². The summed E-state index contributed by atoms with van der Waals surface area (Å²) < 4.78 is 37.4. The van der Waals surface area contributed by atoms with E-state index in [2.05, 4.69) is 4.98 Å². The van der Waals surface area contributed by atoms with Crippen LogP contribution in [-0.4, -0.2) is 12.1 Å². The van der Waals surface area contributed by atoms with E-state index >= 15 is 0 Å². The van der Waals surface area contributed by atoms with Gasteiger partial charge in [0.2, 0.25) is 5.89 Å². The summed E-state index contributed by atoms with van der Waals surface area (Å²) in [6.07, 6.45) is 0. The third-order valence-corrected chi connectivity index (χ3v) is 2.99. The molecule has 0 aliphatic rings. The lowest BCUT2D eigenvalue weighted by molar-refractivity contribution is 0.414. The quantitative estimate of drug-likeness (QED) is 0.706. The molecule has 0 fully saturated rings. The van der Waals surface area contributed by atoms with Crippen molar-refractivity contribution in [3.8, 4) is 17.2 Å². The van der Waals surface area contributed by atoms with Crippen LogP contribution < -0.4 is 4.74 Å². The summed E-state index contributed by atoms with van der Waals surface area (Å²) in [5.74, 6) is -0.704. The number of benzene rings is 2. The summed E-state index contributed by atoms with van der Waals surface area (Å²) in [6, 6.07) is 7.37. The number of halogens is 2. The van der Waals surface area contributed by atoms with Crippen LogP contribution in [0.5, 0.6) is 5.75 Å². The Balaban J connectivity index is 2.25. The van der Waals surface area contributed by atoms with Crippen LogP contribution in [0.3, 0.4) is 0 Å². The fourth-order valence-electron chi connectivity index (χ4n) is 2.06. The zero-order chi connectivity index (χ0) is 14.3. The highest BCUT2D eigenvalue weighted by Gasteiger charge is 2.16. The zero-order valence-corrected chi connectivity index (χ0v) is 10.9. The van der Waals surface area contributed by atoms with Gasteiger partial charge in [0.1, 0.15) is 17.1 Å². The monoisotopic (exact) mass is 275 g/mol. The van der Waals surface area contributed by atoms with Gasteiger partial charge in [-0.2, -0.15) is 0 Å². The third kappa shape index (κ3) is 2.01. The summed E-state index contributed by atoms with van der Waals surface area (Å²) in [5.41, 5.74) is 1.66. The second kappa shape index (κ2) is 4.59. The van der Waals surface area contributed by atoms with E-state index in [0.717, 1.165) is 17.7 Å². The van der Waals surface area contributed by atoms with E-state index in [9.17, 15) is 8.78 Å². The number of fused-ring (bicyclic) bond motifs is 1. The molecule has 0 aliphatic heterocycles. The predicted molar refractivity (Wildman–Crippen MR) is 70.7 cm³/mol. The number of nitrogens with zero attached hydrogens (tertiary/aromatic N) is 1. The van der Waals surface area contributed by atoms with Crippen LogP contribution in [0.4, 0.5) is 8.78 Å². The number of aryl methyl sites for hydroxylation is 1. The highest BCUT2D eigenvalue weighted by Crippen LogP contribution is 2.33. The first kappa shape index (κ1) is 12.6. The molecule has 2 aromatic carbocycles. The number of aromatic nitrogens is 1. The van der Waals surface area contributed by atoms with E-state index in [1.165, 1.54) is 7.11 Å². The maximum Gasteiger partial charge on any atom is 0.231 e. The van der Waals surface area contributed by atoms with Crippen LogP contribution in [0.1, 0.15) is 5.56 Å². The average molecular weight is 275 g/mol. The van der Waals surface area contributed by atoms with Gasteiger partial charge in [0, 0.05) is 12.1 Å². The van der Waals surface area contributed by atoms with Crippen LogP contribution in [0.2, 0.25) is 0 Å². The lowest BCUT2D eigenvalue weighted by atomic mass is 10.1. The highest BCUT2D eigenvalue weighted by molar-refractivity contribution is 5.78. The average Bonchev–Trinajstić information content (AvgIpc) is 2.82. The van der Waals surface area contributed by atoms with Crippen LogP contribution in [0, 0.1) is 18.6 Å². The number of ether oxygens (including phenoxy) is 1. The zero-order valence-electron chi connectivity index (χ0n) is 10.9. The van der Waals surface area contributed by atoms with E-state index in [0.29, 0.717) is 11.3 Å². The number of rotatable bonds is 2. The first-order valence-electron chi connectivity index (χ1n) is 5.99. The molecule has 0 amide bonds. The van der Waals surface area contributed by atoms with Gasteiger partial charge in [-0.25, -0.2) is 13.8 Å². The summed E-state index contributed by atoms with van der Waals surface area (Å²) in [5, 5.41) is 0. The highest BCUT2D eigenvalue weighted by atomic mass is 19.1. The molecule has 1 heterocycles. The van der Waals surface area contributed by atoms with E-state index in [1.807, 2.05) is 19.1 Å². The van der Waals surface area contributed by atoms with Crippen LogP contribution in [0.15, 0.2) is 34.7 Å². The lowest BCUT2D eigenvalue weighted by Gasteiger charge is -2.05. The second-order valence-corrected chi connectivity index (χ2v) is 4.46. The number of hydrogen-bond acceptors (Lipinski definition) is 3. The predicted octanol–water partition coefficient (Wildman–Crippen LogP) is 4.09. The fraction of sp³-hybridized carbons (Fsp3) is 0.133. The van der Waals surface area contributed by atoms with Crippen molar-refractivity contribution in [2.75, 3.05) is 7.11 Å². The minimum absolute atomic E-state index is 0.0649. The van der Waals surface area contributed by atoms with Gasteiger partial charge in [-0.15, -0.1) is 0 Å². The van der Waals surface area contributed by atoms with Crippen molar-refractivity contribution in [1.82, 2.24) is 4.98 Å². The third-order valence-electron chi connectivity index (χ3n) is 2.99. The van der Waals surface area contributed by atoms with E-state index in [1.54, 1.807) is 6.07 Å². The first-order valence-corrected chi connectivity index (χ1v) is 5.99. The molecule has 0 radical (unpaired) electrons. The van der Waals surface area contributed by atoms with Crippen LogP contribution in [-0.2, 0) is 0 Å². The van der Waals surface area contributed by atoms with Crippen molar-refractivity contribution >= 4 is 11.1 Å². The molecule has 0 bridgehead atoms. The smallest absolute Gasteiger partial charge is 0.231 e. The van der Waals surface area contributed by atoms with E-state index in [-0.39, 0.29) is 17.0 Å². The minimum Gasteiger partial charge on any atom is -0.496 e. The molecule has 3 aromatic rings. The van der Waals surface area contributed by atoms with Gasteiger partial charge in [-0.3, -0.25) is 0 Å². The maximum atomic E-state index is 13.6. The molecule has 1 aromatic heterocycles. The molecular formula is C15H11F2NO2. The summed E-state index contributed by atoms with van der Waals surface area (Å²) in [6.45, 7) is 1.91. The van der Waals surface area contributed by atoms with Crippen molar-refractivity contribution < 1.29 is 17.9 Å². The van der Waals surface area contributed by atoms with E-state index in [4.69, 9.17) is 9.15 Å². The van der Waals surface area contributed by atoms with Crippen molar-refractivity contribution in [2.45, 2.75) is 6.92 Å². The molecule has 20 heavy (non-hydrogen) atoms. The Hall–Kier alpha value is -2.43. The van der Waals surface area contributed by atoms with Gasteiger partial charge in [0.05, 0.1) is 12.7 Å². The summed E-state index contributed by atoms with van der Waals surface area (Å²) >= 11 is 0. The van der Waals surface area contributed by atoms with Gasteiger partial charge in [0.25, 0.3) is 0 Å².